The lowest BCUT2D eigenvalue weighted by atomic mass is 10.1. The van der Waals surface area contributed by atoms with Gasteiger partial charge in [0.15, 0.2) is 0 Å². The topological polar surface area (TPSA) is 78.3 Å². The van der Waals surface area contributed by atoms with Crippen LogP contribution in [-0.2, 0) is 9.53 Å². The molecule has 0 aromatic rings. The van der Waals surface area contributed by atoms with Crippen LogP contribution in [-0.4, -0.2) is 18.7 Å². The minimum Gasteiger partial charge on any atom is -0.466 e. The molecule has 4 nitrogen and oxygen atoms in total. The second-order valence-corrected chi connectivity index (χ2v) is 5.60. The molecule has 0 aliphatic carbocycles. The van der Waals surface area contributed by atoms with Crippen molar-refractivity contribution in [3.05, 3.63) is 0 Å². The summed E-state index contributed by atoms with van der Waals surface area (Å²) in [6.07, 6.45) is 13.1. The Balaban J connectivity index is 3.15. The molecule has 0 radical (unpaired) electrons. The first-order valence-corrected chi connectivity index (χ1v) is 8.33. The lowest BCUT2D eigenvalue weighted by Crippen LogP contribution is -2.30. The molecular formula is C16H34N2O2. The van der Waals surface area contributed by atoms with Gasteiger partial charge in [0.05, 0.1) is 12.8 Å². The van der Waals surface area contributed by atoms with E-state index in [4.69, 9.17) is 16.2 Å². The van der Waals surface area contributed by atoms with Crippen molar-refractivity contribution in [2.45, 2.75) is 90.1 Å². The highest BCUT2D eigenvalue weighted by Gasteiger charge is 2.03. The van der Waals surface area contributed by atoms with Gasteiger partial charge in [-0.3, -0.25) is 4.79 Å². The van der Waals surface area contributed by atoms with Gasteiger partial charge in [-0.05, 0) is 19.3 Å². The maximum absolute atomic E-state index is 11.4. The number of esters is 1. The number of nitrogens with two attached hydrogens (primary N) is 2. The summed E-state index contributed by atoms with van der Waals surface area (Å²) in [6.45, 7) is 2.69. The molecule has 0 aliphatic rings. The third kappa shape index (κ3) is 15.4. The van der Waals surface area contributed by atoms with Crippen LogP contribution in [0, 0.1) is 0 Å². The largest absolute Gasteiger partial charge is 0.466 e. The number of rotatable bonds is 14. The molecule has 0 unspecified atom stereocenters. The fourth-order valence-corrected chi connectivity index (χ4v) is 2.16. The Morgan fingerprint density at radius 2 is 1.45 bits per heavy atom. The molecule has 0 rings (SSSR count). The molecule has 0 amide bonds. The van der Waals surface area contributed by atoms with E-state index < -0.39 is 0 Å². The predicted octanol–water partition coefficient (Wildman–Crippen LogP) is 3.47. The standard InChI is InChI=1S/C16H34N2O2/c1-2-3-4-5-6-7-8-9-10-13-16(19)20-14-11-12-15(17)18/h15H,2-14,17-18H2,1H3. The third-order valence-electron chi connectivity index (χ3n) is 3.43. The molecular weight excluding hydrogens is 252 g/mol. The van der Waals surface area contributed by atoms with Gasteiger partial charge in [-0.1, -0.05) is 58.3 Å². The first-order chi connectivity index (χ1) is 9.66. The van der Waals surface area contributed by atoms with Crippen molar-refractivity contribution < 1.29 is 9.53 Å². The second-order valence-electron chi connectivity index (χ2n) is 5.60. The van der Waals surface area contributed by atoms with Crippen LogP contribution in [0.5, 0.6) is 0 Å². The summed E-state index contributed by atoms with van der Waals surface area (Å²) in [6, 6.07) is 0. The lowest BCUT2D eigenvalue weighted by Gasteiger charge is -2.06. The smallest absolute Gasteiger partial charge is 0.305 e. The van der Waals surface area contributed by atoms with Crippen LogP contribution < -0.4 is 11.5 Å². The molecule has 4 heteroatoms. The number of carbonyl (C=O) groups excluding carboxylic acids is 1. The molecule has 0 saturated carbocycles. The molecule has 0 saturated heterocycles. The van der Waals surface area contributed by atoms with Gasteiger partial charge in [0.1, 0.15) is 0 Å². The van der Waals surface area contributed by atoms with Crippen molar-refractivity contribution in [2.24, 2.45) is 11.5 Å². The molecule has 0 aromatic heterocycles. The Kier molecular flexibility index (Phi) is 14.3. The van der Waals surface area contributed by atoms with E-state index in [9.17, 15) is 4.79 Å². The van der Waals surface area contributed by atoms with E-state index in [1.165, 1.54) is 44.9 Å². The highest BCUT2D eigenvalue weighted by molar-refractivity contribution is 5.69. The number of hydrogen-bond donors (Lipinski definition) is 2. The summed E-state index contributed by atoms with van der Waals surface area (Å²) in [7, 11) is 0. The van der Waals surface area contributed by atoms with Crippen molar-refractivity contribution in [2.75, 3.05) is 6.61 Å². The fourth-order valence-electron chi connectivity index (χ4n) is 2.16. The molecule has 0 aromatic carbocycles. The third-order valence-corrected chi connectivity index (χ3v) is 3.43. The van der Waals surface area contributed by atoms with Crippen LogP contribution in [0.1, 0.15) is 84.0 Å². The van der Waals surface area contributed by atoms with Crippen molar-refractivity contribution >= 4 is 5.97 Å². The van der Waals surface area contributed by atoms with Gasteiger partial charge in [0.2, 0.25) is 0 Å². The average molecular weight is 286 g/mol. The van der Waals surface area contributed by atoms with E-state index in [1.807, 2.05) is 0 Å². The van der Waals surface area contributed by atoms with Gasteiger partial charge in [-0.15, -0.1) is 0 Å². The molecule has 0 atom stereocenters. The van der Waals surface area contributed by atoms with E-state index in [0.717, 1.165) is 19.3 Å². The Labute approximate surface area is 124 Å². The molecule has 120 valence electrons. The molecule has 0 bridgehead atoms. The summed E-state index contributed by atoms with van der Waals surface area (Å²) in [5.41, 5.74) is 10.8. The first kappa shape index (κ1) is 19.4. The number of ether oxygens (including phenoxy) is 1. The van der Waals surface area contributed by atoms with Crippen LogP contribution in [0.3, 0.4) is 0 Å². The van der Waals surface area contributed by atoms with Gasteiger partial charge in [0.25, 0.3) is 0 Å². The summed E-state index contributed by atoms with van der Waals surface area (Å²) in [5, 5.41) is 0. The summed E-state index contributed by atoms with van der Waals surface area (Å²) in [4.78, 5) is 11.4. The number of unbranched alkanes of at least 4 members (excludes halogenated alkanes) is 8. The van der Waals surface area contributed by atoms with Crippen LogP contribution in [0.25, 0.3) is 0 Å². The fraction of sp³-hybridized carbons (Fsp3) is 0.938. The summed E-state index contributed by atoms with van der Waals surface area (Å²) >= 11 is 0. The first-order valence-electron chi connectivity index (χ1n) is 8.33. The van der Waals surface area contributed by atoms with Crippen LogP contribution in [0.4, 0.5) is 0 Å². The zero-order valence-electron chi connectivity index (χ0n) is 13.2. The number of hydrogen-bond acceptors (Lipinski definition) is 4. The van der Waals surface area contributed by atoms with Crippen LogP contribution in [0.15, 0.2) is 0 Å². The summed E-state index contributed by atoms with van der Waals surface area (Å²) in [5.74, 6) is -0.0847. The highest BCUT2D eigenvalue weighted by atomic mass is 16.5. The maximum Gasteiger partial charge on any atom is 0.305 e. The van der Waals surface area contributed by atoms with E-state index >= 15 is 0 Å². The van der Waals surface area contributed by atoms with E-state index in [1.54, 1.807) is 0 Å². The van der Waals surface area contributed by atoms with E-state index in [0.29, 0.717) is 19.4 Å². The van der Waals surface area contributed by atoms with Crippen LogP contribution in [0.2, 0.25) is 0 Å². The van der Waals surface area contributed by atoms with Crippen molar-refractivity contribution in [3.63, 3.8) is 0 Å². The van der Waals surface area contributed by atoms with Gasteiger partial charge in [-0.25, -0.2) is 0 Å². The second kappa shape index (κ2) is 14.8. The minimum atomic E-state index is -0.300. The minimum absolute atomic E-state index is 0.0847. The molecule has 0 heterocycles. The van der Waals surface area contributed by atoms with E-state index in [-0.39, 0.29) is 12.1 Å². The number of carbonyl (C=O) groups is 1. The molecule has 0 fully saturated rings. The molecule has 0 spiro atoms. The lowest BCUT2D eigenvalue weighted by molar-refractivity contribution is -0.143. The van der Waals surface area contributed by atoms with Crippen molar-refractivity contribution in [1.82, 2.24) is 0 Å². The summed E-state index contributed by atoms with van der Waals surface area (Å²) < 4.78 is 5.11. The van der Waals surface area contributed by atoms with E-state index in [2.05, 4.69) is 6.92 Å². The monoisotopic (exact) mass is 286 g/mol. The Morgan fingerprint density at radius 3 is 2.00 bits per heavy atom. The Morgan fingerprint density at radius 1 is 0.900 bits per heavy atom. The predicted molar refractivity (Wildman–Crippen MR) is 84.2 cm³/mol. The molecule has 4 N–H and O–H groups in total. The molecule has 0 aliphatic heterocycles. The average Bonchev–Trinajstić information content (AvgIpc) is 2.41. The molecule has 20 heavy (non-hydrogen) atoms. The maximum atomic E-state index is 11.4. The highest BCUT2D eigenvalue weighted by Crippen LogP contribution is 2.10. The normalized spacial score (nSPS) is 11.0. The zero-order valence-corrected chi connectivity index (χ0v) is 13.2. The zero-order chi connectivity index (χ0) is 15.1. The van der Waals surface area contributed by atoms with Gasteiger partial charge in [-0.2, -0.15) is 0 Å². The van der Waals surface area contributed by atoms with Crippen LogP contribution >= 0.6 is 0 Å². The van der Waals surface area contributed by atoms with Gasteiger partial charge < -0.3 is 16.2 Å². The quantitative estimate of drug-likeness (QED) is 0.291. The SMILES string of the molecule is CCCCCCCCCCCC(=O)OCCCC(N)N. The van der Waals surface area contributed by atoms with Gasteiger partial charge >= 0.3 is 5.97 Å². The Bertz CT molecular complexity index is 221. The van der Waals surface area contributed by atoms with Crippen molar-refractivity contribution in [1.29, 1.82) is 0 Å². The Hall–Kier alpha value is -0.610. The van der Waals surface area contributed by atoms with Crippen molar-refractivity contribution in [3.8, 4) is 0 Å². The van der Waals surface area contributed by atoms with Gasteiger partial charge in [0, 0.05) is 6.42 Å².